The Morgan fingerprint density at radius 3 is 2.77 bits per heavy atom. The van der Waals surface area contributed by atoms with Gasteiger partial charge in [-0.1, -0.05) is 0 Å². The molecule has 2 heterocycles. The maximum Gasteiger partial charge on any atom is 0.339 e. The standard InChI is InChI=1S/C14H17N3O4S/c1-3-17(6-5-10(18)19)12-11-9(14(20)21-4-2)7-22-13(11)16-8-15-12/h7-8H,3-6H2,1-2H3,(H,18,19). The van der Waals surface area contributed by atoms with Crippen LogP contribution in [-0.4, -0.2) is 46.7 Å². The number of ether oxygens (including phenoxy) is 1. The molecule has 0 aliphatic rings. The number of anilines is 1. The summed E-state index contributed by atoms with van der Waals surface area (Å²) in [6, 6.07) is 0. The first-order chi connectivity index (χ1) is 10.6. The van der Waals surface area contributed by atoms with Crippen molar-refractivity contribution in [1.82, 2.24) is 9.97 Å². The Balaban J connectivity index is 2.45. The summed E-state index contributed by atoms with van der Waals surface area (Å²) in [5, 5.41) is 11.2. The van der Waals surface area contributed by atoms with Crippen molar-refractivity contribution in [3.8, 4) is 0 Å². The van der Waals surface area contributed by atoms with E-state index in [1.807, 2.05) is 11.8 Å². The van der Waals surface area contributed by atoms with Crippen LogP contribution in [0.4, 0.5) is 5.82 Å². The van der Waals surface area contributed by atoms with Crippen LogP contribution in [0.15, 0.2) is 11.7 Å². The number of aliphatic carboxylic acids is 1. The lowest BCUT2D eigenvalue weighted by Gasteiger charge is -2.21. The third-order valence-corrected chi connectivity index (χ3v) is 4.01. The number of fused-ring (bicyclic) bond motifs is 1. The normalized spacial score (nSPS) is 10.6. The highest BCUT2D eigenvalue weighted by molar-refractivity contribution is 7.17. The second-order valence-corrected chi connectivity index (χ2v) is 5.33. The van der Waals surface area contributed by atoms with E-state index in [1.165, 1.54) is 17.7 Å². The van der Waals surface area contributed by atoms with E-state index in [4.69, 9.17) is 9.84 Å². The van der Waals surface area contributed by atoms with E-state index in [0.717, 1.165) is 0 Å². The van der Waals surface area contributed by atoms with Gasteiger partial charge in [-0.3, -0.25) is 4.79 Å². The zero-order valence-corrected chi connectivity index (χ0v) is 13.2. The van der Waals surface area contributed by atoms with Gasteiger partial charge in [0, 0.05) is 18.5 Å². The summed E-state index contributed by atoms with van der Waals surface area (Å²) in [5.74, 6) is -0.725. The maximum absolute atomic E-state index is 12.1. The highest BCUT2D eigenvalue weighted by Crippen LogP contribution is 2.31. The van der Waals surface area contributed by atoms with E-state index in [2.05, 4.69) is 9.97 Å². The highest BCUT2D eigenvalue weighted by atomic mass is 32.1. The number of nitrogens with zero attached hydrogens (tertiary/aromatic N) is 3. The molecular weight excluding hydrogens is 306 g/mol. The number of carboxylic acids is 1. The zero-order valence-electron chi connectivity index (χ0n) is 12.4. The lowest BCUT2D eigenvalue weighted by atomic mass is 10.2. The minimum atomic E-state index is -0.875. The van der Waals surface area contributed by atoms with Gasteiger partial charge in [0.05, 0.1) is 24.0 Å². The maximum atomic E-state index is 12.1. The molecule has 0 fully saturated rings. The lowest BCUT2D eigenvalue weighted by molar-refractivity contribution is -0.136. The molecule has 2 aromatic rings. The molecule has 1 N–H and O–H groups in total. The Labute approximate surface area is 131 Å². The van der Waals surface area contributed by atoms with E-state index >= 15 is 0 Å². The Morgan fingerprint density at radius 2 is 2.14 bits per heavy atom. The molecule has 118 valence electrons. The van der Waals surface area contributed by atoms with Gasteiger partial charge in [0.1, 0.15) is 17.0 Å². The van der Waals surface area contributed by atoms with Gasteiger partial charge in [0.25, 0.3) is 0 Å². The lowest BCUT2D eigenvalue weighted by Crippen LogP contribution is -2.27. The van der Waals surface area contributed by atoms with Crippen molar-refractivity contribution < 1.29 is 19.4 Å². The summed E-state index contributed by atoms with van der Waals surface area (Å²) in [4.78, 5) is 33.8. The van der Waals surface area contributed by atoms with Crippen LogP contribution in [0.1, 0.15) is 30.6 Å². The number of rotatable bonds is 7. The molecule has 0 radical (unpaired) electrons. The van der Waals surface area contributed by atoms with Gasteiger partial charge in [-0.05, 0) is 13.8 Å². The van der Waals surface area contributed by atoms with Crippen LogP contribution in [0.2, 0.25) is 0 Å². The van der Waals surface area contributed by atoms with Crippen molar-refractivity contribution in [2.45, 2.75) is 20.3 Å². The monoisotopic (exact) mass is 323 g/mol. The van der Waals surface area contributed by atoms with Crippen molar-refractivity contribution in [3.63, 3.8) is 0 Å². The van der Waals surface area contributed by atoms with Crippen molar-refractivity contribution >= 4 is 39.3 Å². The number of hydrogen-bond acceptors (Lipinski definition) is 7. The van der Waals surface area contributed by atoms with Crippen LogP contribution < -0.4 is 4.90 Å². The average Bonchev–Trinajstić information content (AvgIpc) is 2.92. The fraction of sp³-hybridized carbons (Fsp3) is 0.429. The number of carbonyl (C=O) groups is 2. The Morgan fingerprint density at radius 1 is 1.36 bits per heavy atom. The van der Waals surface area contributed by atoms with Gasteiger partial charge < -0.3 is 14.7 Å². The summed E-state index contributed by atoms with van der Waals surface area (Å²) in [5.41, 5.74) is 0.422. The van der Waals surface area contributed by atoms with E-state index in [-0.39, 0.29) is 13.0 Å². The molecule has 0 atom stereocenters. The minimum absolute atomic E-state index is 0.00177. The predicted molar refractivity (Wildman–Crippen MR) is 83.5 cm³/mol. The highest BCUT2D eigenvalue weighted by Gasteiger charge is 2.21. The SMILES string of the molecule is CCOC(=O)c1csc2ncnc(N(CC)CCC(=O)O)c12. The molecule has 2 rings (SSSR count). The number of esters is 1. The van der Waals surface area contributed by atoms with E-state index in [0.29, 0.717) is 34.7 Å². The molecule has 0 amide bonds. The second kappa shape index (κ2) is 7.17. The molecule has 22 heavy (non-hydrogen) atoms. The number of carbonyl (C=O) groups excluding carboxylic acids is 1. The molecule has 8 heteroatoms. The van der Waals surface area contributed by atoms with E-state index in [9.17, 15) is 9.59 Å². The van der Waals surface area contributed by atoms with Crippen molar-refractivity contribution in [1.29, 1.82) is 0 Å². The molecule has 0 spiro atoms. The first kappa shape index (κ1) is 16.2. The molecule has 2 aromatic heterocycles. The zero-order chi connectivity index (χ0) is 16.1. The largest absolute Gasteiger partial charge is 0.481 e. The van der Waals surface area contributed by atoms with E-state index < -0.39 is 11.9 Å². The third kappa shape index (κ3) is 3.33. The summed E-state index contributed by atoms with van der Waals surface area (Å²) in [6.07, 6.45) is 1.42. The molecule has 7 nitrogen and oxygen atoms in total. The van der Waals surface area contributed by atoms with Gasteiger partial charge in [0.2, 0.25) is 0 Å². The third-order valence-electron chi connectivity index (χ3n) is 3.12. The smallest absolute Gasteiger partial charge is 0.339 e. The van der Waals surface area contributed by atoms with Crippen LogP contribution in [0, 0.1) is 0 Å². The Bertz CT molecular complexity index is 686. The predicted octanol–water partition coefficient (Wildman–Crippen LogP) is 2.17. The van der Waals surface area contributed by atoms with Gasteiger partial charge in [-0.25, -0.2) is 14.8 Å². The first-order valence-corrected chi connectivity index (χ1v) is 7.82. The molecular formula is C14H17N3O4S. The van der Waals surface area contributed by atoms with Crippen molar-refractivity contribution in [3.05, 3.63) is 17.3 Å². The Hall–Kier alpha value is -2.22. The molecule has 0 saturated carbocycles. The van der Waals surface area contributed by atoms with Gasteiger partial charge in [-0.2, -0.15) is 0 Å². The summed E-state index contributed by atoms with van der Waals surface area (Å²) in [7, 11) is 0. The van der Waals surface area contributed by atoms with Crippen LogP contribution in [0.5, 0.6) is 0 Å². The van der Waals surface area contributed by atoms with Crippen LogP contribution in [0.3, 0.4) is 0 Å². The number of hydrogen-bond donors (Lipinski definition) is 1. The van der Waals surface area contributed by atoms with Crippen LogP contribution in [0.25, 0.3) is 10.2 Å². The fourth-order valence-electron chi connectivity index (χ4n) is 2.10. The molecule has 0 saturated heterocycles. The average molecular weight is 323 g/mol. The number of aromatic nitrogens is 2. The quantitative estimate of drug-likeness (QED) is 0.780. The van der Waals surface area contributed by atoms with Gasteiger partial charge in [0.15, 0.2) is 0 Å². The number of thiophene rings is 1. The summed E-state index contributed by atoms with van der Waals surface area (Å²) in [6.45, 7) is 4.84. The van der Waals surface area contributed by atoms with Gasteiger partial charge in [-0.15, -0.1) is 11.3 Å². The topological polar surface area (TPSA) is 92.6 Å². The molecule has 0 bridgehead atoms. The Kier molecular flexibility index (Phi) is 5.26. The second-order valence-electron chi connectivity index (χ2n) is 4.47. The fourth-order valence-corrected chi connectivity index (χ4v) is 2.97. The molecule has 0 aliphatic carbocycles. The summed E-state index contributed by atoms with van der Waals surface area (Å²) >= 11 is 1.34. The van der Waals surface area contributed by atoms with E-state index in [1.54, 1.807) is 12.3 Å². The number of carboxylic acid groups (broad SMARTS) is 1. The molecule has 0 unspecified atom stereocenters. The van der Waals surface area contributed by atoms with Crippen LogP contribution in [-0.2, 0) is 9.53 Å². The van der Waals surface area contributed by atoms with Gasteiger partial charge >= 0.3 is 11.9 Å². The molecule has 0 aliphatic heterocycles. The molecule has 0 aromatic carbocycles. The van der Waals surface area contributed by atoms with Crippen molar-refractivity contribution in [2.75, 3.05) is 24.6 Å². The summed E-state index contributed by atoms with van der Waals surface area (Å²) < 4.78 is 5.06. The van der Waals surface area contributed by atoms with Crippen molar-refractivity contribution in [2.24, 2.45) is 0 Å². The van der Waals surface area contributed by atoms with Crippen LogP contribution >= 0.6 is 11.3 Å². The first-order valence-electron chi connectivity index (χ1n) is 6.94. The minimum Gasteiger partial charge on any atom is -0.481 e.